The van der Waals surface area contributed by atoms with E-state index in [9.17, 15) is 4.39 Å². The van der Waals surface area contributed by atoms with Gasteiger partial charge in [-0.25, -0.2) is 9.37 Å². The van der Waals surface area contributed by atoms with Gasteiger partial charge in [-0.2, -0.15) is 4.98 Å². The molecule has 2 aromatic heterocycles. The highest BCUT2D eigenvalue weighted by atomic mass is 19.1. The van der Waals surface area contributed by atoms with Crippen LogP contribution in [-0.2, 0) is 6.54 Å². The first-order valence-corrected chi connectivity index (χ1v) is 7.14. The molecule has 0 aliphatic rings. The number of nitrogens with one attached hydrogen (secondary N) is 1. The van der Waals surface area contributed by atoms with Crippen LogP contribution in [0.3, 0.4) is 0 Å². The standard InChI is InChI=1S/C15H15FN6O/c16-12-2-4-13(5-3-12)23-14-6-8-18-15(20-14)17-7-1-10-22-11-9-19-21-22/h2-6,8-9,11H,1,7,10H2,(H,17,18,20). The molecule has 0 aliphatic carbocycles. The molecule has 0 aliphatic heterocycles. The molecule has 0 saturated heterocycles. The zero-order valence-corrected chi connectivity index (χ0v) is 12.3. The Morgan fingerprint density at radius 1 is 1.13 bits per heavy atom. The lowest BCUT2D eigenvalue weighted by atomic mass is 10.3. The molecule has 0 amide bonds. The first-order valence-electron chi connectivity index (χ1n) is 7.14. The highest BCUT2D eigenvalue weighted by Gasteiger charge is 2.02. The Morgan fingerprint density at radius 3 is 2.78 bits per heavy atom. The summed E-state index contributed by atoms with van der Waals surface area (Å²) in [4.78, 5) is 8.38. The van der Waals surface area contributed by atoms with E-state index in [0.717, 1.165) is 13.0 Å². The number of rotatable bonds is 7. The van der Waals surface area contributed by atoms with Gasteiger partial charge in [-0.3, -0.25) is 4.68 Å². The van der Waals surface area contributed by atoms with Crippen LogP contribution in [-0.4, -0.2) is 31.5 Å². The summed E-state index contributed by atoms with van der Waals surface area (Å²) in [5.74, 6) is 1.07. The number of aromatic nitrogens is 5. The molecular weight excluding hydrogens is 299 g/mol. The van der Waals surface area contributed by atoms with E-state index < -0.39 is 0 Å². The Kier molecular flexibility index (Phi) is 4.72. The number of hydrogen-bond acceptors (Lipinski definition) is 6. The van der Waals surface area contributed by atoms with Crippen molar-refractivity contribution in [1.82, 2.24) is 25.0 Å². The fourth-order valence-electron chi connectivity index (χ4n) is 1.90. The van der Waals surface area contributed by atoms with E-state index in [2.05, 4.69) is 25.6 Å². The van der Waals surface area contributed by atoms with E-state index in [0.29, 0.717) is 24.1 Å². The molecule has 0 unspecified atom stereocenters. The maximum atomic E-state index is 12.9. The summed E-state index contributed by atoms with van der Waals surface area (Å²) >= 11 is 0. The molecule has 0 atom stereocenters. The quantitative estimate of drug-likeness (QED) is 0.675. The van der Waals surface area contributed by atoms with E-state index in [1.165, 1.54) is 12.1 Å². The lowest BCUT2D eigenvalue weighted by Crippen LogP contribution is -2.09. The first kappa shape index (κ1) is 14.9. The van der Waals surface area contributed by atoms with Crippen molar-refractivity contribution >= 4 is 5.95 Å². The van der Waals surface area contributed by atoms with Gasteiger partial charge in [0.1, 0.15) is 11.6 Å². The Hall–Kier alpha value is -3.03. The fourth-order valence-corrected chi connectivity index (χ4v) is 1.90. The van der Waals surface area contributed by atoms with Crippen LogP contribution >= 0.6 is 0 Å². The van der Waals surface area contributed by atoms with E-state index in [1.54, 1.807) is 35.3 Å². The van der Waals surface area contributed by atoms with Crippen molar-refractivity contribution in [2.24, 2.45) is 0 Å². The molecule has 7 nitrogen and oxygen atoms in total. The average Bonchev–Trinajstić information content (AvgIpc) is 3.08. The number of ether oxygens (including phenoxy) is 1. The van der Waals surface area contributed by atoms with Gasteiger partial charge in [-0.1, -0.05) is 5.21 Å². The first-order chi connectivity index (χ1) is 11.3. The number of aryl methyl sites for hydroxylation is 1. The summed E-state index contributed by atoms with van der Waals surface area (Å²) in [7, 11) is 0. The molecule has 1 aromatic carbocycles. The largest absolute Gasteiger partial charge is 0.439 e. The third-order valence-corrected chi connectivity index (χ3v) is 2.99. The SMILES string of the molecule is Fc1ccc(Oc2ccnc(NCCCn3ccnn3)n2)cc1. The summed E-state index contributed by atoms with van der Waals surface area (Å²) < 4.78 is 20.2. The molecule has 3 aromatic rings. The van der Waals surface area contributed by atoms with Gasteiger partial charge >= 0.3 is 0 Å². The molecule has 0 spiro atoms. The minimum atomic E-state index is -0.310. The van der Waals surface area contributed by atoms with Gasteiger partial charge in [-0.15, -0.1) is 5.10 Å². The van der Waals surface area contributed by atoms with E-state index >= 15 is 0 Å². The lowest BCUT2D eigenvalue weighted by Gasteiger charge is -2.07. The molecule has 118 valence electrons. The second kappa shape index (κ2) is 7.30. The highest BCUT2D eigenvalue weighted by Crippen LogP contribution is 2.19. The molecule has 0 bridgehead atoms. The van der Waals surface area contributed by atoms with E-state index in [1.807, 2.05) is 6.20 Å². The van der Waals surface area contributed by atoms with Gasteiger partial charge in [0, 0.05) is 31.5 Å². The number of halogens is 1. The average molecular weight is 314 g/mol. The van der Waals surface area contributed by atoms with Crippen molar-refractivity contribution in [2.75, 3.05) is 11.9 Å². The van der Waals surface area contributed by atoms with Crippen LogP contribution in [0.25, 0.3) is 0 Å². The summed E-state index contributed by atoms with van der Waals surface area (Å²) in [5, 5.41) is 10.8. The number of nitrogens with zero attached hydrogens (tertiary/aromatic N) is 5. The van der Waals surface area contributed by atoms with Gasteiger partial charge in [-0.05, 0) is 30.7 Å². The maximum Gasteiger partial charge on any atom is 0.225 e. The summed E-state index contributed by atoms with van der Waals surface area (Å²) in [5.41, 5.74) is 0. The minimum absolute atomic E-state index is 0.310. The molecule has 2 heterocycles. The predicted molar refractivity (Wildman–Crippen MR) is 81.6 cm³/mol. The van der Waals surface area contributed by atoms with Gasteiger partial charge < -0.3 is 10.1 Å². The second-order valence-corrected chi connectivity index (χ2v) is 4.72. The van der Waals surface area contributed by atoms with Crippen LogP contribution in [0.1, 0.15) is 6.42 Å². The van der Waals surface area contributed by atoms with Crippen LogP contribution < -0.4 is 10.1 Å². The fraction of sp³-hybridized carbons (Fsp3) is 0.200. The molecule has 0 radical (unpaired) electrons. The van der Waals surface area contributed by atoms with E-state index in [4.69, 9.17) is 4.74 Å². The second-order valence-electron chi connectivity index (χ2n) is 4.72. The molecule has 0 fully saturated rings. The molecular formula is C15H15FN6O. The van der Waals surface area contributed by atoms with Crippen molar-refractivity contribution in [3.63, 3.8) is 0 Å². The van der Waals surface area contributed by atoms with Crippen LogP contribution in [0.5, 0.6) is 11.6 Å². The summed E-state index contributed by atoms with van der Waals surface area (Å²) in [6.45, 7) is 1.46. The van der Waals surface area contributed by atoms with Crippen molar-refractivity contribution in [2.45, 2.75) is 13.0 Å². The Balaban J connectivity index is 1.51. The van der Waals surface area contributed by atoms with Gasteiger partial charge in [0.15, 0.2) is 0 Å². The normalized spacial score (nSPS) is 10.5. The molecule has 0 saturated carbocycles. The van der Waals surface area contributed by atoms with Crippen molar-refractivity contribution in [1.29, 1.82) is 0 Å². The zero-order valence-electron chi connectivity index (χ0n) is 12.3. The van der Waals surface area contributed by atoms with Gasteiger partial charge in [0.2, 0.25) is 11.8 Å². The van der Waals surface area contributed by atoms with Crippen molar-refractivity contribution in [3.8, 4) is 11.6 Å². The molecule has 3 rings (SSSR count). The molecule has 23 heavy (non-hydrogen) atoms. The Morgan fingerprint density at radius 2 is 2.00 bits per heavy atom. The van der Waals surface area contributed by atoms with E-state index in [-0.39, 0.29) is 5.82 Å². The van der Waals surface area contributed by atoms with Crippen LogP contribution in [0.4, 0.5) is 10.3 Å². The summed E-state index contributed by atoms with van der Waals surface area (Å²) in [6, 6.07) is 7.40. The monoisotopic (exact) mass is 314 g/mol. The van der Waals surface area contributed by atoms with Crippen LogP contribution in [0.2, 0.25) is 0 Å². The van der Waals surface area contributed by atoms with Crippen molar-refractivity contribution in [3.05, 3.63) is 54.7 Å². The summed E-state index contributed by atoms with van der Waals surface area (Å²) in [6.07, 6.45) is 5.92. The Labute approximate surface area is 132 Å². The minimum Gasteiger partial charge on any atom is -0.439 e. The van der Waals surface area contributed by atoms with Crippen LogP contribution in [0, 0.1) is 5.82 Å². The number of hydrogen-bond donors (Lipinski definition) is 1. The topological polar surface area (TPSA) is 77.8 Å². The smallest absolute Gasteiger partial charge is 0.225 e. The molecule has 8 heteroatoms. The van der Waals surface area contributed by atoms with Gasteiger partial charge in [0.05, 0.1) is 6.20 Å². The van der Waals surface area contributed by atoms with Crippen LogP contribution in [0.15, 0.2) is 48.9 Å². The maximum absolute atomic E-state index is 12.9. The predicted octanol–water partition coefficient (Wildman–Crippen LogP) is 2.50. The zero-order chi connectivity index (χ0) is 15.9. The number of anilines is 1. The van der Waals surface area contributed by atoms with Gasteiger partial charge in [0.25, 0.3) is 0 Å². The number of benzene rings is 1. The molecule has 1 N–H and O–H groups in total. The van der Waals surface area contributed by atoms with Crippen molar-refractivity contribution < 1.29 is 9.13 Å². The highest BCUT2D eigenvalue weighted by molar-refractivity contribution is 5.31. The lowest BCUT2D eigenvalue weighted by molar-refractivity contribution is 0.460. The third kappa shape index (κ3) is 4.47. The Bertz CT molecular complexity index is 732. The third-order valence-electron chi connectivity index (χ3n) is 2.99.